The van der Waals surface area contributed by atoms with Crippen molar-refractivity contribution in [3.8, 4) is 0 Å². The Balaban J connectivity index is 2.91. The van der Waals surface area contributed by atoms with Gasteiger partial charge in [-0.05, 0) is 26.0 Å². The molecule has 116 valence electrons. The topological polar surface area (TPSA) is 118 Å². The van der Waals surface area contributed by atoms with Gasteiger partial charge in [0.15, 0.2) is 0 Å². The Labute approximate surface area is 120 Å². The number of benzene rings is 1. The minimum Gasteiger partial charge on any atom is -0.353 e. The summed E-state index contributed by atoms with van der Waals surface area (Å²) in [6.07, 6.45) is 0. The Kier molecular flexibility index (Phi) is 5.33. The average Bonchev–Trinajstić information content (AvgIpc) is 2.35. The van der Waals surface area contributed by atoms with E-state index in [-0.39, 0.29) is 6.04 Å². The summed E-state index contributed by atoms with van der Waals surface area (Å²) < 4.78 is 38.9. The Hall–Kier alpha value is -2.07. The Morgan fingerprint density at radius 3 is 2.57 bits per heavy atom. The van der Waals surface area contributed by atoms with Gasteiger partial charge in [-0.3, -0.25) is 14.9 Å². The second kappa shape index (κ2) is 6.59. The molecule has 0 bridgehead atoms. The fraction of sp³-hybridized carbons (Fsp3) is 0.364. The predicted octanol–water partition coefficient (Wildman–Crippen LogP) is 0.537. The number of sulfonamides is 1. The molecule has 10 heteroatoms. The number of halogens is 1. The highest BCUT2D eigenvalue weighted by atomic mass is 32.2. The van der Waals surface area contributed by atoms with Crippen molar-refractivity contribution in [1.82, 2.24) is 10.0 Å². The number of hydrogen-bond acceptors (Lipinski definition) is 5. The van der Waals surface area contributed by atoms with Crippen molar-refractivity contribution in [1.29, 1.82) is 0 Å². The highest BCUT2D eigenvalue weighted by Crippen LogP contribution is 2.21. The molecular formula is C11H14FN3O5S. The lowest BCUT2D eigenvalue weighted by Crippen LogP contribution is -2.39. The maximum atomic E-state index is 13.1. The zero-order valence-electron chi connectivity index (χ0n) is 11.3. The van der Waals surface area contributed by atoms with Crippen LogP contribution < -0.4 is 10.0 Å². The van der Waals surface area contributed by atoms with Crippen molar-refractivity contribution in [3.05, 3.63) is 34.1 Å². The number of nitrogens with zero attached hydrogens (tertiary/aromatic N) is 1. The molecule has 2 N–H and O–H groups in total. The summed E-state index contributed by atoms with van der Waals surface area (Å²) in [4.78, 5) is 20.4. The van der Waals surface area contributed by atoms with Gasteiger partial charge in [-0.15, -0.1) is 0 Å². The van der Waals surface area contributed by atoms with Crippen molar-refractivity contribution < 1.29 is 22.5 Å². The van der Waals surface area contributed by atoms with Crippen molar-refractivity contribution >= 4 is 21.6 Å². The lowest BCUT2D eigenvalue weighted by Gasteiger charge is -2.09. The van der Waals surface area contributed by atoms with E-state index in [0.717, 1.165) is 6.07 Å². The van der Waals surface area contributed by atoms with Gasteiger partial charge in [0.1, 0.15) is 0 Å². The molecule has 21 heavy (non-hydrogen) atoms. The van der Waals surface area contributed by atoms with Gasteiger partial charge in [0.05, 0.1) is 16.4 Å². The summed E-state index contributed by atoms with van der Waals surface area (Å²) in [5, 5.41) is 13.0. The van der Waals surface area contributed by atoms with E-state index in [2.05, 4.69) is 5.32 Å². The zero-order chi connectivity index (χ0) is 16.2. The van der Waals surface area contributed by atoms with Crippen LogP contribution in [0.25, 0.3) is 0 Å². The van der Waals surface area contributed by atoms with Crippen molar-refractivity contribution in [3.63, 3.8) is 0 Å². The first-order valence-corrected chi connectivity index (χ1v) is 7.35. The van der Waals surface area contributed by atoms with Crippen LogP contribution in [0.2, 0.25) is 0 Å². The highest BCUT2D eigenvalue weighted by molar-refractivity contribution is 7.89. The number of nitrogens with one attached hydrogen (secondary N) is 2. The van der Waals surface area contributed by atoms with Crippen molar-refractivity contribution in [2.24, 2.45) is 0 Å². The molecule has 0 heterocycles. The number of amides is 1. The first-order valence-electron chi connectivity index (χ1n) is 5.86. The molecule has 0 unspecified atom stereocenters. The van der Waals surface area contributed by atoms with Crippen LogP contribution in [-0.2, 0) is 14.8 Å². The largest absolute Gasteiger partial charge is 0.353 e. The number of rotatable bonds is 6. The van der Waals surface area contributed by atoms with E-state index in [0.29, 0.717) is 12.1 Å². The van der Waals surface area contributed by atoms with Crippen LogP contribution in [0.1, 0.15) is 13.8 Å². The standard InChI is InChI=1S/C11H14FN3O5S/c1-7(2)14-11(16)6-13-21(19,20)8-3-4-9(12)10(5-8)15(17)18/h3-5,7,13H,6H2,1-2H3,(H,14,16). The van der Waals surface area contributed by atoms with Crippen molar-refractivity contribution in [2.45, 2.75) is 24.8 Å². The molecule has 0 aliphatic carbocycles. The Morgan fingerprint density at radius 2 is 2.05 bits per heavy atom. The average molecular weight is 319 g/mol. The normalized spacial score (nSPS) is 11.4. The molecule has 0 fully saturated rings. The molecule has 8 nitrogen and oxygen atoms in total. The fourth-order valence-corrected chi connectivity index (χ4v) is 2.42. The smallest absolute Gasteiger partial charge is 0.306 e. The van der Waals surface area contributed by atoms with Gasteiger partial charge >= 0.3 is 5.69 Å². The molecule has 1 amide bonds. The molecule has 0 aliphatic heterocycles. The second-order valence-corrected chi connectivity index (χ2v) is 6.18. The van der Waals surface area contributed by atoms with Gasteiger partial charge in [-0.1, -0.05) is 0 Å². The Morgan fingerprint density at radius 1 is 1.43 bits per heavy atom. The second-order valence-electron chi connectivity index (χ2n) is 4.42. The monoisotopic (exact) mass is 319 g/mol. The minimum atomic E-state index is -4.15. The van der Waals surface area contributed by atoms with Gasteiger partial charge in [-0.25, -0.2) is 13.1 Å². The Bertz CT molecular complexity index is 660. The third kappa shape index (κ3) is 4.76. The number of nitro groups is 1. The molecule has 0 spiro atoms. The molecule has 0 aromatic heterocycles. The summed E-state index contributed by atoms with van der Waals surface area (Å²) in [6, 6.07) is 2.00. The summed E-state index contributed by atoms with van der Waals surface area (Å²) in [6.45, 7) is 2.89. The number of nitro benzene ring substituents is 1. The van der Waals surface area contributed by atoms with Gasteiger partial charge in [0.2, 0.25) is 21.7 Å². The van der Waals surface area contributed by atoms with E-state index in [1.165, 1.54) is 0 Å². The van der Waals surface area contributed by atoms with E-state index >= 15 is 0 Å². The minimum absolute atomic E-state index is 0.158. The lowest BCUT2D eigenvalue weighted by molar-refractivity contribution is -0.387. The third-order valence-corrected chi connectivity index (χ3v) is 3.70. The third-order valence-electron chi connectivity index (χ3n) is 2.30. The van der Waals surface area contributed by atoms with Crippen molar-refractivity contribution in [2.75, 3.05) is 6.54 Å². The number of hydrogen-bond donors (Lipinski definition) is 2. The molecule has 0 aliphatic rings. The van der Waals surface area contributed by atoms with Crippen LogP contribution in [0.3, 0.4) is 0 Å². The van der Waals surface area contributed by atoms with Gasteiger partial charge in [0.25, 0.3) is 0 Å². The molecule has 0 saturated carbocycles. The maximum absolute atomic E-state index is 13.1. The zero-order valence-corrected chi connectivity index (χ0v) is 12.1. The maximum Gasteiger partial charge on any atom is 0.306 e. The molecule has 1 aromatic rings. The number of carbonyl (C=O) groups is 1. The van der Waals surface area contributed by atoms with E-state index in [1.54, 1.807) is 13.8 Å². The van der Waals surface area contributed by atoms with E-state index in [4.69, 9.17) is 0 Å². The first-order chi connectivity index (χ1) is 9.63. The van der Waals surface area contributed by atoms with Crippen LogP contribution >= 0.6 is 0 Å². The quantitative estimate of drug-likeness (QED) is 0.586. The van der Waals surface area contributed by atoms with Crippen LogP contribution in [0.5, 0.6) is 0 Å². The molecule has 0 saturated heterocycles. The molecule has 1 rings (SSSR count). The molecule has 0 atom stereocenters. The first kappa shape index (κ1) is 17.0. The summed E-state index contributed by atoms with van der Waals surface area (Å²) >= 11 is 0. The van der Waals surface area contributed by atoms with Gasteiger partial charge in [-0.2, -0.15) is 4.39 Å². The van der Waals surface area contributed by atoms with E-state index < -0.39 is 43.8 Å². The van der Waals surface area contributed by atoms with Crippen LogP contribution in [0.4, 0.5) is 10.1 Å². The fourth-order valence-electron chi connectivity index (χ4n) is 1.42. The number of carbonyl (C=O) groups excluding carboxylic acids is 1. The summed E-state index contributed by atoms with van der Waals surface area (Å²) in [7, 11) is -4.15. The SMILES string of the molecule is CC(C)NC(=O)CNS(=O)(=O)c1ccc(F)c([N+](=O)[O-])c1. The van der Waals surface area contributed by atoms with Gasteiger partial charge < -0.3 is 5.32 Å². The van der Waals surface area contributed by atoms with Crippen LogP contribution in [-0.4, -0.2) is 31.8 Å². The summed E-state index contributed by atoms with van der Waals surface area (Å²) in [5.41, 5.74) is -0.954. The lowest BCUT2D eigenvalue weighted by atomic mass is 10.3. The van der Waals surface area contributed by atoms with Gasteiger partial charge in [0, 0.05) is 12.1 Å². The molecule has 0 radical (unpaired) electrons. The van der Waals surface area contributed by atoms with E-state index in [1.807, 2.05) is 4.72 Å². The molecule has 1 aromatic carbocycles. The van der Waals surface area contributed by atoms with Crippen LogP contribution in [0, 0.1) is 15.9 Å². The predicted molar refractivity (Wildman–Crippen MR) is 71.5 cm³/mol. The van der Waals surface area contributed by atoms with Crippen LogP contribution in [0.15, 0.2) is 23.1 Å². The molecular weight excluding hydrogens is 305 g/mol. The summed E-state index contributed by atoms with van der Waals surface area (Å²) in [5.74, 6) is -1.69. The highest BCUT2D eigenvalue weighted by Gasteiger charge is 2.22. The van der Waals surface area contributed by atoms with E-state index in [9.17, 15) is 27.7 Å².